The van der Waals surface area contributed by atoms with Gasteiger partial charge in [0, 0.05) is 19.2 Å². The minimum Gasteiger partial charge on any atom is -0.474 e. The molecule has 2 unspecified atom stereocenters. The molecule has 2 heterocycles. The number of hydrogen-bond donors (Lipinski definition) is 1. The molecule has 0 amide bonds. The zero-order chi connectivity index (χ0) is 13.8. The van der Waals surface area contributed by atoms with Crippen molar-refractivity contribution in [1.82, 2.24) is 10.3 Å². The average Bonchev–Trinajstić information content (AvgIpc) is 2.37. The van der Waals surface area contributed by atoms with Gasteiger partial charge in [-0.2, -0.15) is 0 Å². The van der Waals surface area contributed by atoms with Gasteiger partial charge >= 0.3 is 0 Å². The van der Waals surface area contributed by atoms with Gasteiger partial charge in [0.15, 0.2) is 0 Å². The third-order valence-electron chi connectivity index (χ3n) is 2.64. The summed E-state index contributed by atoms with van der Waals surface area (Å²) in [5.74, 6) is 0.326. The molecule has 0 aliphatic carbocycles. The molecular formula is C11H14BrN3O4. The van der Waals surface area contributed by atoms with Gasteiger partial charge in [-0.1, -0.05) is 0 Å². The van der Waals surface area contributed by atoms with Gasteiger partial charge in [-0.05, 0) is 22.9 Å². The first kappa shape index (κ1) is 14.2. The van der Waals surface area contributed by atoms with Crippen molar-refractivity contribution in [2.45, 2.75) is 19.1 Å². The highest BCUT2D eigenvalue weighted by molar-refractivity contribution is 9.10. The normalized spacial score (nSPS) is 23.1. The minimum absolute atomic E-state index is 0.0485. The van der Waals surface area contributed by atoms with Gasteiger partial charge in [0.25, 0.3) is 5.69 Å². The summed E-state index contributed by atoms with van der Waals surface area (Å²) in [7, 11) is 0. The molecule has 0 aromatic carbocycles. The molecule has 0 bridgehead atoms. The van der Waals surface area contributed by atoms with Gasteiger partial charge in [0.2, 0.25) is 5.88 Å². The third-order valence-corrected chi connectivity index (χ3v) is 3.21. The summed E-state index contributed by atoms with van der Waals surface area (Å²) in [6, 6.07) is 1.37. The van der Waals surface area contributed by atoms with Crippen LogP contribution in [0, 0.1) is 10.1 Å². The zero-order valence-corrected chi connectivity index (χ0v) is 11.9. The summed E-state index contributed by atoms with van der Waals surface area (Å²) in [6.07, 6.45) is 1.27. The predicted octanol–water partition coefficient (Wildman–Crippen LogP) is 1.51. The lowest BCUT2D eigenvalue weighted by atomic mass is 10.2. The second-order valence-electron chi connectivity index (χ2n) is 4.28. The molecule has 1 N–H and O–H groups in total. The molecule has 104 valence electrons. The van der Waals surface area contributed by atoms with Crippen molar-refractivity contribution in [3.63, 3.8) is 0 Å². The van der Waals surface area contributed by atoms with Gasteiger partial charge in [-0.25, -0.2) is 4.98 Å². The van der Waals surface area contributed by atoms with Crippen LogP contribution in [0.15, 0.2) is 16.7 Å². The Morgan fingerprint density at radius 2 is 2.47 bits per heavy atom. The lowest BCUT2D eigenvalue weighted by Crippen LogP contribution is -2.45. The van der Waals surface area contributed by atoms with Crippen LogP contribution in [0.2, 0.25) is 0 Å². The molecule has 0 spiro atoms. The Kier molecular flexibility index (Phi) is 4.67. The van der Waals surface area contributed by atoms with E-state index in [1.54, 1.807) is 0 Å². The van der Waals surface area contributed by atoms with E-state index < -0.39 is 4.92 Å². The molecule has 1 aromatic heterocycles. The van der Waals surface area contributed by atoms with Crippen LogP contribution in [0.5, 0.6) is 5.88 Å². The fourth-order valence-electron chi connectivity index (χ4n) is 1.76. The second kappa shape index (κ2) is 6.27. The number of morpholine rings is 1. The summed E-state index contributed by atoms with van der Waals surface area (Å²) in [6.45, 7) is 3.88. The van der Waals surface area contributed by atoms with E-state index in [0.717, 1.165) is 13.1 Å². The number of nitrogens with zero attached hydrogens (tertiary/aromatic N) is 2. The van der Waals surface area contributed by atoms with E-state index in [-0.39, 0.29) is 17.9 Å². The largest absolute Gasteiger partial charge is 0.474 e. The van der Waals surface area contributed by atoms with E-state index in [0.29, 0.717) is 17.0 Å². The molecule has 1 saturated heterocycles. The third kappa shape index (κ3) is 3.85. The fourth-order valence-corrected chi connectivity index (χ4v) is 2.22. The summed E-state index contributed by atoms with van der Waals surface area (Å²) in [4.78, 5) is 14.0. The first-order valence-corrected chi connectivity index (χ1v) is 6.64. The Morgan fingerprint density at radius 3 is 3.11 bits per heavy atom. The average molecular weight is 332 g/mol. The highest BCUT2D eigenvalue weighted by Crippen LogP contribution is 2.26. The van der Waals surface area contributed by atoms with Crippen molar-refractivity contribution >= 4 is 21.6 Å². The van der Waals surface area contributed by atoms with E-state index in [2.05, 4.69) is 26.2 Å². The van der Waals surface area contributed by atoms with E-state index in [4.69, 9.17) is 9.47 Å². The number of ether oxygens (including phenoxy) is 2. The highest BCUT2D eigenvalue weighted by atomic mass is 79.9. The first-order valence-electron chi connectivity index (χ1n) is 5.85. The van der Waals surface area contributed by atoms with E-state index in [9.17, 15) is 10.1 Å². The van der Waals surface area contributed by atoms with E-state index >= 15 is 0 Å². The number of rotatable bonds is 4. The van der Waals surface area contributed by atoms with Crippen LogP contribution in [0.25, 0.3) is 0 Å². The topological polar surface area (TPSA) is 86.5 Å². The lowest BCUT2D eigenvalue weighted by Gasteiger charge is -2.28. The van der Waals surface area contributed by atoms with Crippen molar-refractivity contribution in [3.05, 3.63) is 26.9 Å². The maximum absolute atomic E-state index is 10.6. The van der Waals surface area contributed by atoms with Crippen LogP contribution in [0.3, 0.4) is 0 Å². The molecule has 2 rings (SSSR count). The molecule has 1 fully saturated rings. The van der Waals surface area contributed by atoms with Crippen LogP contribution in [0.1, 0.15) is 6.92 Å². The standard InChI is InChI=1S/C11H14BrN3O4/c1-7-3-13-5-9(19-7)6-18-11-10(12)2-8(4-14-11)15(16)17/h2,4,7,9,13H,3,5-6H2,1H3. The summed E-state index contributed by atoms with van der Waals surface area (Å²) < 4.78 is 11.6. The van der Waals surface area contributed by atoms with Gasteiger partial charge < -0.3 is 14.8 Å². The number of pyridine rings is 1. The first-order chi connectivity index (χ1) is 9.06. The molecule has 1 aliphatic heterocycles. The summed E-state index contributed by atoms with van der Waals surface area (Å²) >= 11 is 3.20. The van der Waals surface area contributed by atoms with Crippen molar-refractivity contribution in [1.29, 1.82) is 0 Å². The molecule has 0 radical (unpaired) electrons. The molecule has 1 aliphatic rings. The minimum atomic E-state index is -0.503. The quantitative estimate of drug-likeness (QED) is 0.664. The molecule has 2 atom stereocenters. The number of aromatic nitrogens is 1. The molecule has 19 heavy (non-hydrogen) atoms. The molecule has 8 heteroatoms. The monoisotopic (exact) mass is 331 g/mol. The van der Waals surface area contributed by atoms with Gasteiger partial charge in [-0.15, -0.1) is 0 Å². The van der Waals surface area contributed by atoms with Crippen LogP contribution in [-0.4, -0.2) is 41.8 Å². The van der Waals surface area contributed by atoms with Crippen molar-refractivity contribution < 1.29 is 14.4 Å². The van der Waals surface area contributed by atoms with Crippen molar-refractivity contribution in [3.8, 4) is 5.88 Å². The zero-order valence-electron chi connectivity index (χ0n) is 10.3. The number of halogens is 1. The molecular weight excluding hydrogens is 318 g/mol. The Morgan fingerprint density at radius 1 is 1.68 bits per heavy atom. The van der Waals surface area contributed by atoms with Crippen molar-refractivity contribution in [2.24, 2.45) is 0 Å². The summed E-state index contributed by atoms with van der Waals surface area (Å²) in [5, 5.41) is 13.8. The van der Waals surface area contributed by atoms with E-state index in [1.165, 1.54) is 12.3 Å². The van der Waals surface area contributed by atoms with Crippen LogP contribution in [0.4, 0.5) is 5.69 Å². The Balaban J connectivity index is 1.94. The van der Waals surface area contributed by atoms with Gasteiger partial charge in [0.05, 0.1) is 15.5 Å². The number of nitrogens with one attached hydrogen (secondary N) is 1. The predicted molar refractivity (Wildman–Crippen MR) is 71.3 cm³/mol. The highest BCUT2D eigenvalue weighted by Gasteiger charge is 2.20. The van der Waals surface area contributed by atoms with Crippen LogP contribution >= 0.6 is 15.9 Å². The molecule has 1 aromatic rings. The van der Waals surface area contributed by atoms with Crippen LogP contribution in [-0.2, 0) is 4.74 Å². The second-order valence-corrected chi connectivity index (χ2v) is 5.13. The maximum Gasteiger partial charge on any atom is 0.288 e. The van der Waals surface area contributed by atoms with Gasteiger partial charge in [-0.3, -0.25) is 10.1 Å². The Labute approximate surface area is 118 Å². The number of nitro groups is 1. The van der Waals surface area contributed by atoms with Crippen LogP contribution < -0.4 is 10.1 Å². The fraction of sp³-hybridized carbons (Fsp3) is 0.545. The maximum atomic E-state index is 10.6. The lowest BCUT2D eigenvalue weighted by molar-refractivity contribution is -0.385. The smallest absolute Gasteiger partial charge is 0.288 e. The molecule has 7 nitrogen and oxygen atoms in total. The summed E-state index contributed by atoms with van der Waals surface area (Å²) in [5.41, 5.74) is -0.0802. The van der Waals surface area contributed by atoms with Gasteiger partial charge in [0.1, 0.15) is 18.9 Å². The van der Waals surface area contributed by atoms with Crippen molar-refractivity contribution in [2.75, 3.05) is 19.7 Å². The molecule has 0 saturated carbocycles. The van der Waals surface area contributed by atoms with E-state index in [1.807, 2.05) is 6.92 Å². The Hall–Kier alpha value is -1.25. The number of hydrogen-bond acceptors (Lipinski definition) is 6. The Bertz CT molecular complexity index is 471. The SMILES string of the molecule is CC1CNCC(COc2ncc([N+](=O)[O-])cc2Br)O1.